The molecule has 0 aliphatic carbocycles. The molecule has 1 atom stereocenters. The zero-order chi connectivity index (χ0) is 14.4. The molecule has 20 heavy (non-hydrogen) atoms. The molecule has 1 aliphatic heterocycles. The molecule has 1 aromatic carbocycles. The highest BCUT2D eigenvalue weighted by molar-refractivity contribution is 5.72. The molecule has 2 rings (SSSR count). The number of aryl methyl sites for hydroxylation is 1. The van der Waals surface area contributed by atoms with Crippen LogP contribution in [0.1, 0.15) is 18.4 Å². The number of methoxy groups -OCH3 is 1. The first kappa shape index (κ1) is 14.9. The number of nitrogens with one attached hydrogen (secondary N) is 1. The molecule has 1 fully saturated rings. The van der Waals surface area contributed by atoms with Crippen LogP contribution in [0.2, 0.25) is 0 Å². The Labute approximate surface area is 120 Å². The van der Waals surface area contributed by atoms with E-state index in [9.17, 15) is 4.79 Å². The average Bonchev–Trinajstić information content (AvgIpc) is 2.50. The predicted octanol–water partition coefficient (Wildman–Crippen LogP) is 2.16. The first-order chi connectivity index (χ1) is 9.72. The van der Waals surface area contributed by atoms with Gasteiger partial charge in [0.25, 0.3) is 0 Å². The van der Waals surface area contributed by atoms with Gasteiger partial charge in [0.1, 0.15) is 12.4 Å². The van der Waals surface area contributed by atoms with Gasteiger partial charge >= 0.3 is 5.97 Å². The van der Waals surface area contributed by atoms with Crippen molar-refractivity contribution in [1.82, 2.24) is 5.32 Å². The van der Waals surface area contributed by atoms with Crippen LogP contribution in [0.3, 0.4) is 0 Å². The molecule has 4 heteroatoms. The van der Waals surface area contributed by atoms with Gasteiger partial charge in [0.05, 0.1) is 13.0 Å². The van der Waals surface area contributed by atoms with Crippen molar-refractivity contribution in [2.75, 3.05) is 26.8 Å². The number of rotatable bonds is 5. The van der Waals surface area contributed by atoms with E-state index in [0.717, 1.165) is 37.2 Å². The quantitative estimate of drug-likeness (QED) is 0.838. The average molecular weight is 277 g/mol. The lowest BCUT2D eigenvalue weighted by molar-refractivity contribution is -0.149. The van der Waals surface area contributed by atoms with E-state index in [1.807, 2.05) is 31.2 Å². The molecule has 1 unspecified atom stereocenters. The molecule has 0 spiro atoms. The van der Waals surface area contributed by atoms with Crippen molar-refractivity contribution in [1.29, 1.82) is 0 Å². The number of benzene rings is 1. The van der Waals surface area contributed by atoms with Crippen LogP contribution in [0.4, 0.5) is 0 Å². The van der Waals surface area contributed by atoms with Crippen molar-refractivity contribution in [2.24, 2.45) is 11.8 Å². The van der Waals surface area contributed by atoms with Crippen molar-refractivity contribution < 1.29 is 14.3 Å². The Morgan fingerprint density at radius 2 is 2.05 bits per heavy atom. The molecular weight excluding hydrogens is 254 g/mol. The lowest BCUT2D eigenvalue weighted by Gasteiger charge is -2.29. The topological polar surface area (TPSA) is 47.6 Å². The van der Waals surface area contributed by atoms with E-state index in [2.05, 4.69) is 5.32 Å². The Bertz CT molecular complexity index is 441. The van der Waals surface area contributed by atoms with E-state index >= 15 is 0 Å². The zero-order valence-corrected chi connectivity index (χ0v) is 12.2. The summed E-state index contributed by atoms with van der Waals surface area (Å²) in [6.45, 7) is 4.32. The Morgan fingerprint density at radius 3 is 2.70 bits per heavy atom. The van der Waals surface area contributed by atoms with Gasteiger partial charge in [0.2, 0.25) is 0 Å². The van der Waals surface area contributed by atoms with Crippen molar-refractivity contribution in [2.45, 2.75) is 19.8 Å². The Balaban J connectivity index is 2.00. The summed E-state index contributed by atoms with van der Waals surface area (Å²) in [5, 5.41) is 3.32. The number of carbonyl (C=O) groups excluding carboxylic acids is 1. The van der Waals surface area contributed by atoms with Crippen molar-refractivity contribution in [3.05, 3.63) is 29.8 Å². The third-order valence-electron chi connectivity index (χ3n) is 3.97. The highest BCUT2D eigenvalue weighted by Crippen LogP contribution is 2.25. The van der Waals surface area contributed by atoms with Crippen LogP contribution in [-0.2, 0) is 9.53 Å². The highest BCUT2D eigenvalue weighted by Gasteiger charge is 2.31. The molecule has 1 N–H and O–H groups in total. The largest absolute Gasteiger partial charge is 0.492 e. The SMILES string of the molecule is COC(=O)C(COc1ccccc1C)C1CCNCC1. The fourth-order valence-electron chi connectivity index (χ4n) is 2.69. The third kappa shape index (κ3) is 3.73. The molecule has 110 valence electrons. The third-order valence-corrected chi connectivity index (χ3v) is 3.97. The van der Waals surface area contributed by atoms with Crippen molar-refractivity contribution in [3.63, 3.8) is 0 Å². The Kier molecular flexibility index (Phi) is 5.41. The Hall–Kier alpha value is -1.55. The standard InChI is InChI=1S/C16H23NO3/c1-12-5-3-4-6-15(12)20-11-14(16(18)19-2)13-7-9-17-10-8-13/h3-6,13-14,17H,7-11H2,1-2H3. The minimum absolute atomic E-state index is 0.162. The molecule has 4 nitrogen and oxygen atoms in total. The first-order valence-corrected chi connectivity index (χ1v) is 7.19. The van der Waals surface area contributed by atoms with Gasteiger partial charge in [-0.25, -0.2) is 0 Å². The van der Waals surface area contributed by atoms with Gasteiger partial charge in [0.15, 0.2) is 0 Å². The fourth-order valence-corrected chi connectivity index (χ4v) is 2.69. The highest BCUT2D eigenvalue weighted by atomic mass is 16.5. The fraction of sp³-hybridized carbons (Fsp3) is 0.562. The zero-order valence-electron chi connectivity index (χ0n) is 12.2. The number of esters is 1. The van der Waals surface area contributed by atoms with Crippen LogP contribution in [-0.4, -0.2) is 32.8 Å². The van der Waals surface area contributed by atoms with E-state index in [1.54, 1.807) is 0 Å². The van der Waals surface area contributed by atoms with Gasteiger partial charge < -0.3 is 14.8 Å². The number of ether oxygens (including phenoxy) is 2. The van der Waals surface area contributed by atoms with Crippen LogP contribution in [0.25, 0.3) is 0 Å². The normalized spacial score (nSPS) is 17.5. The predicted molar refractivity (Wildman–Crippen MR) is 77.8 cm³/mol. The van der Waals surface area contributed by atoms with E-state index in [0.29, 0.717) is 12.5 Å². The summed E-state index contributed by atoms with van der Waals surface area (Å²) in [5.41, 5.74) is 1.08. The summed E-state index contributed by atoms with van der Waals surface area (Å²) in [7, 11) is 1.45. The molecule has 0 amide bonds. The van der Waals surface area contributed by atoms with Gasteiger partial charge in [-0.3, -0.25) is 4.79 Å². The summed E-state index contributed by atoms with van der Waals surface area (Å²) in [4.78, 5) is 12.0. The van der Waals surface area contributed by atoms with Gasteiger partial charge in [-0.2, -0.15) is 0 Å². The minimum Gasteiger partial charge on any atom is -0.492 e. The first-order valence-electron chi connectivity index (χ1n) is 7.19. The van der Waals surface area contributed by atoms with Gasteiger partial charge in [-0.15, -0.1) is 0 Å². The van der Waals surface area contributed by atoms with E-state index < -0.39 is 0 Å². The maximum absolute atomic E-state index is 12.0. The second kappa shape index (κ2) is 7.29. The van der Waals surface area contributed by atoms with Gasteiger partial charge in [-0.05, 0) is 50.4 Å². The van der Waals surface area contributed by atoms with E-state index in [-0.39, 0.29) is 11.9 Å². The second-order valence-corrected chi connectivity index (χ2v) is 5.29. The molecular formula is C16H23NO3. The van der Waals surface area contributed by atoms with Crippen LogP contribution in [0.15, 0.2) is 24.3 Å². The van der Waals surface area contributed by atoms with Crippen LogP contribution >= 0.6 is 0 Å². The number of hydrogen-bond acceptors (Lipinski definition) is 4. The van der Waals surface area contributed by atoms with Gasteiger partial charge in [-0.1, -0.05) is 18.2 Å². The second-order valence-electron chi connectivity index (χ2n) is 5.29. The van der Waals surface area contributed by atoms with E-state index in [1.165, 1.54) is 7.11 Å². The molecule has 1 aliphatic rings. The van der Waals surface area contributed by atoms with Crippen molar-refractivity contribution >= 4 is 5.97 Å². The summed E-state index contributed by atoms with van der Waals surface area (Å²) in [5.74, 6) is 0.843. The number of hydrogen-bond donors (Lipinski definition) is 1. The summed E-state index contributed by atoms with van der Waals surface area (Å²) >= 11 is 0. The maximum Gasteiger partial charge on any atom is 0.312 e. The Morgan fingerprint density at radius 1 is 1.35 bits per heavy atom. The molecule has 0 bridgehead atoms. The monoisotopic (exact) mass is 277 g/mol. The van der Waals surface area contributed by atoms with Crippen LogP contribution < -0.4 is 10.1 Å². The number of piperidine rings is 1. The molecule has 1 heterocycles. The summed E-state index contributed by atoms with van der Waals surface area (Å²) in [6.07, 6.45) is 1.99. The smallest absolute Gasteiger partial charge is 0.312 e. The van der Waals surface area contributed by atoms with Crippen LogP contribution in [0, 0.1) is 18.8 Å². The number of para-hydroxylation sites is 1. The van der Waals surface area contributed by atoms with E-state index in [4.69, 9.17) is 9.47 Å². The molecule has 1 saturated heterocycles. The number of carbonyl (C=O) groups is 1. The molecule has 0 radical (unpaired) electrons. The minimum atomic E-state index is -0.179. The molecule has 0 saturated carbocycles. The lowest BCUT2D eigenvalue weighted by atomic mass is 9.85. The maximum atomic E-state index is 12.0. The summed E-state index contributed by atoms with van der Waals surface area (Å²) < 4.78 is 10.8. The van der Waals surface area contributed by atoms with Gasteiger partial charge in [0, 0.05) is 0 Å². The van der Waals surface area contributed by atoms with Crippen molar-refractivity contribution in [3.8, 4) is 5.75 Å². The molecule has 0 aromatic heterocycles. The lowest BCUT2D eigenvalue weighted by Crippen LogP contribution is -2.38. The summed E-state index contributed by atoms with van der Waals surface area (Å²) in [6, 6.07) is 7.87. The molecule has 1 aromatic rings. The van der Waals surface area contributed by atoms with Crippen LogP contribution in [0.5, 0.6) is 5.75 Å².